The Hall–Kier alpha value is -2.00. The summed E-state index contributed by atoms with van der Waals surface area (Å²) >= 11 is 0. The smallest absolute Gasteiger partial charge is 0.122 e. The molecule has 0 amide bonds. The van der Waals surface area contributed by atoms with Crippen LogP contribution in [0.2, 0.25) is 0 Å². The van der Waals surface area contributed by atoms with Gasteiger partial charge in [0, 0.05) is 25.3 Å². The van der Waals surface area contributed by atoms with Gasteiger partial charge in [0.05, 0.1) is 7.11 Å². The first-order chi connectivity index (χ1) is 9.76. The number of ether oxygens (including phenoxy) is 1. The average molecular weight is 268 g/mol. The molecule has 1 heterocycles. The van der Waals surface area contributed by atoms with Crippen LogP contribution < -0.4 is 10.5 Å². The van der Waals surface area contributed by atoms with E-state index in [2.05, 4.69) is 29.2 Å². The van der Waals surface area contributed by atoms with Gasteiger partial charge in [0.15, 0.2) is 0 Å². The van der Waals surface area contributed by atoms with Crippen LogP contribution in [0.5, 0.6) is 5.75 Å². The zero-order valence-electron chi connectivity index (χ0n) is 11.8. The number of nitrogens with two attached hydrogens (primary N) is 1. The van der Waals surface area contributed by atoms with E-state index in [0.29, 0.717) is 0 Å². The number of benzene rings is 2. The highest BCUT2D eigenvalue weighted by molar-refractivity contribution is 5.46. The molecule has 0 saturated carbocycles. The van der Waals surface area contributed by atoms with Gasteiger partial charge in [-0.25, -0.2) is 0 Å². The molecule has 2 aromatic rings. The lowest BCUT2D eigenvalue weighted by Crippen LogP contribution is -2.19. The second-order valence-corrected chi connectivity index (χ2v) is 5.30. The van der Waals surface area contributed by atoms with E-state index in [-0.39, 0.29) is 0 Å². The summed E-state index contributed by atoms with van der Waals surface area (Å²) in [7, 11) is 1.73. The summed E-state index contributed by atoms with van der Waals surface area (Å²) in [6.07, 6.45) is 1.01. The normalized spacial score (nSPS) is 14.2. The molecule has 0 aromatic heterocycles. The van der Waals surface area contributed by atoms with Gasteiger partial charge in [-0.3, -0.25) is 4.90 Å². The number of methoxy groups -OCH3 is 1. The van der Waals surface area contributed by atoms with E-state index in [1.54, 1.807) is 7.11 Å². The molecule has 0 unspecified atom stereocenters. The first kappa shape index (κ1) is 13.0. The van der Waals surface area contributed by atoms with E-state index >= 15 is 0 Å². The highest BCUT2D eigenvalue weighted by atomic mass is 16.5. The SMILES string of the molecule is COc1ccccc1CCN1Cc2ccc(N)cc2C1. The van der Waals surface area contributed by atoms with Crippen LogP contribution in [0.25, 0.3) is 0 Å². The molecular weight excluding hydrogens is 248 g/mol. The highest BCUT2D eigenvalue weighted by Gasteiger charge is 2.18. The second kappa shape index (κ2) is 5.55. The molecule has 3 nitrogen and oxygen atoms in total. The van der Waals surface area contributed by atoms with Crippen molar-refractivity contribution >= 4 is 5.69 Å². The van der Waals surface area contributed by atoms with Crippen LogP contribution in [-0.4, -0.2) is 18.6 Å². The van der Waals surface area contributed by atoms with Gasteiger partial charge in [-0.2, -0.15) is 0 Å². The van der Waals surface area contributed by atoms with Crippen LogP contribution in [0.1, 0.15) is 16.7 Å². The van der Waals surface area contributed by atoms with E-state index in [0.717, 1.165) is 37.5 Å². The Morgan fingerprint density at radius 3 is 2.75 bits per heavy atom. The van der Waals surface area contributed by atoms with Crippen LogP contribution in [0.4, 0.5) is 5.69 Å². The van der Waals surface area contributed by atoms with Gasteiger partial charge < -0.3 is 10.5 Å². The molecule has 0 spiro atoms. The molecule has 1 aliphatic rings. The van der Waals surface area contributed by atoms with Gasteiger partial charge in [-0.05, 0) is 41.3 Å². The van der Waals surface area contributed by atoms with Crippen molar-refractivity contribution < 1.29 is 4.74 Å². The highest BCUT2D eigenvalue weighted by Crippen LogP contribution is 2.25. The summed E-state index contributed by atoms with van der Waals surface area (Å²) < 4.78 is 5.40. The van der Waals surface area contributed by atoms with Crippen molar-refractivity contribution in [1.29, 1.82) is 0 Å². The van der Waals surface area contributed by atoms with Crippen molar-refractivity contribution in [2.45, 2.75) is 19.5 Å². The number of nitrogens with zero attached hydrogens (tertiary/aromatic N) is 1. The van der Waals surface area contributed by atoms with E-state index in [1.165, 1.54) is 16.7 Å². The van der Waals surface area contributed by atoms with Gasteiger partial charge in [-0.1, -0.05) is 24.3 Å². The summed E-state index contributed by atoms with van der Waals surface area (Å²) in [4.78, 5) is 2.45. The van der Waals surface area contributed by atoms with Gasteiger partial charge in [0.2, 0.25) is 0 Å². The van der Waals surface area contributed by atoms with Crippen molar-refractivity contribution in [1.82, 2.24) is 4.90 Å². The zero-order chi connectivity index (χ0) is 13.9. The van der Waals surface area contributed by atoms with Crippen LogP contribution in [0.15, 0.2) is 42.5 Å². The molecule has 1 aliphatic heterocycles. The van der Waals surface area contributed by atoms with Gasteiger partial charge in [0.25, 0.3) is 0 Å². The topological polar surface area (TPSA) is 38.5 Å². The summed E-state index contributed by atoms with van der Waals surface area (Å²) in [5, 5.41) is 0. The fraction of sp³-hybridized carbons (Fsp3) is 0.294. The van der Waals surface area contributed by atoms with E-state index in [9.17, 15) is 0 Å². The Bertz CT molecular complexity index is 610. The number of hydrogen-bond acceptors (Lipinski definition) is 3. The third kappa shape index (κ3) is 2.63. The first-order valence-corrected chi connectivity index (χ1v) is 6.98. The van der Waals surface area contributed by atoms with E-state index in [1.807, 2.05) is 18.2 Å². The minimum Gasteiger partial charge on any atom is -0.496 e. The molecule has 0 atom stereocenters. The van der Waals surface area contributed by atoms with Crippen molar-refractivity contribution in [2.24, 2.45) is 0 Å². The maximum Gasteiger partial charge on any atom is 0.122 e. The fourth-order valence-corrected chi connectivity index (χ4v) is 2.83. The number of rotatable bonds is 4. The quantitative estimate of drug-likeness (QED) is 0.867. The minimum atomic E-state index is 0.857. The maximum atomic E-state index is 5.84. The van der Waals surface area contributed by atoms with Crippen molar-refractivity contribution in [2.75, 3.05) is 19.4 Å². The Balaban J connectivity index is 1.64. The molecule has 2 aromatic carbocycles. The van der Waals surface area contributed by atoms with E-state index < -0.39 is 0 Å². The molecule has 2 N–H and O–H groups in total. The Morgan fingerprint density at radius 2 is 1.90 bits per heavy atom. The van der Waals surface area contributed by atoms with Crippen LogP contribution >= 0.6 is 0 Å². The first-order valence-electron chi connectivity index (χ1n) is 6.98. The predicted octanol–water partition coefficient (Wildman–Crippen LogP) is 2.84. The third-order valence-corrected chi connectivity index (χ3v) is 3.91. The Kier molecular flexibility index (Phi) is 3.61. The van der Waals surface area contributed by atoms with Gasteiger partial charge >= 0.3 is 0 Å². The second-order valence-electron chi connectivity index (χ2n) is 5.30. The minimum absolute atomic E-state index is 0.857. The summed E-state index contributed by atoms with van der Waals surface area (Å²) in [6, 6.07) is 14.5. The summed E-state index contributed by atoms with van der Waals surface area (Å²) in [5.41, 5.74) is 10.7. The molecule has 3 rings (SSSR count). The lowest BCUT2D eigenvalue weighted by atomic mass is 10.1. The zero-order valence-corrected chi connectivity index (χ0v) is 11.8. The van der Waals surface area contributed by atoms with Crippen LogP contribution in [-0.2, 0) is 19.5 Å². The van der Waals surface area contributed by atoms with Crippen molar-refractivity contribution in [3.63, 3.8) is 0 Å². The van der Waals surface area contributed by atoms with Crippen molar-refractivity contribution in [3.8, 4) is 5.75 Å². The number of hydrogen-bond donors (Lipinski definition) is 1. The molecule has 0 fully saturated rings. The van der Waals surface area contributed by atoms with Crippen LogP contribution in [0, 0.1) is 0 Å². The summed E-state index contributed by atoms with van der Waals surface area (Å²) in [6.45, 7) is 3.05. The lowest BCUT2D eigenvalue weighted by molar-refractivity contribution is 0.286. The number of anilines is 1. The standard InChI is InChI=1S/C17H20N2O/c1-20-17-5-3-2-4-13(17)8-9-19-11-14-6-7-16(18)10-15(14)12-19/h2-7,10H,8-9,11-12,18H2,1H3. The predicted molar refractivity (Wildman–Crippen MR) is 81.7 cm³/mol. The maximum absolute atomic E-state index is 5.84. The Labute approximate surface area is 120 Å². The Morgan fingerprint density at radius 1 is 1.10 bits per heavy atom. The number of nitrogen functional groups attached to an aromatic ring is 1. The number of para-hydroxylation sites is 1. The fourth-order valence-electron chi connectivity index (χ4n) is 2.83. The monoisotopic (exact) mass is 268 g/mol. The average Bonchev–Trinajstić information content (AvgIpc) is 2.87. The van der Waals surface area contributed by atoms with Gasteiger partial charge in [-0.15, -0.1) is 0 Å². The molecule has 0 radical (unpaired) electrons. The van der Waals surface area contributed by atoms with Crippen LogP contribution in [0.3, 0.4) is 0 Å². The molecule has 20 heavy (non-hydrogen) atoms. The van der Waals surface area contributed by atoms with Gasteiger partial charge in [0.1, 0.15) is 5.75 Å². The molecule has 3 heteroatoms. The molecule has 0 aliphatic carbocycles. The molecular formula is C17H20N2O. The van der Waals surface area contributed by atoms with E-state index in [4.69, 9.17) is 10.5 Å². The number of fused-ring (bicyclic) bond motifs is 1. The summed E-state index contributed by atoms with van der Waals surface area (Å²) in [5.74, 6) is 0.980. The largest absolute Gasteiger partial charge is 0.496 e. The lowest BCUT2D eigenvalue weighted by Gasteiger charge is -2.15. The third-order valence-electron chi connectivity index (χ3n) is 3.91. The molecule has 0 bridgehead atoms. The molecule has 104 valence electrons. The molecule has 0 saturated heterocycles. The van der Waals surface area contributed by atoms with Crippen molar-refractivity contribution in [3.05, 3.63) is 59.2 Å².